The molecule has 0 amide bonds. The van der Waals surface area contributed by atoms with Gasteiger partial charge in [-0.3, -0.25) is 0 Å². The number of aryl methyl sites for hydroxylation is 2. The fourth-order valence-electron chi connectivity index (χ4n) is 2.21. The topological polar surface area (TPSA) is 38.5 Å². The van der Waals surface area contributed by atoms with Crippen LogP contribution in [-0.2, 0) is 0 Å². The Kier molecular flexibility index (Phi) is 5.48. The van der Waals surface area contributed by atoms with E-state index in [1.807, 2.05) is 0 Å². The highest BCUT2D eigenvalue weighted by Crippen LogP contribution is 2.32. The maximum absolute atomic E-state index is 5.66. The van der Waals surface area contributed by atoms with Crippen LogP contribution in [0.5, 0.6) is 5.75 Å². The van der Waals surface area contributed by atoms with E-state index in [1.165, 1.54) is 16.8 Å². The van der Waals surface area contributed by atoms with Crippen molar-refractivity contribution in [2.75, 3.05) is 32.1 Å². The first-order valence-electron chi connectivity index (χ1n) is 6.56. The second-order valence-corrected chi connectivity index (χ2v) is 5.18. The molecule has 18 heavy (non-hydrogen) atoms. The summed E-state index contributed by atoms with van der Waals surface area (Å²) in [5, 5.41) is 0. The highest BCUT2D eigenvalue weighted by molar-refractivity contribution is 5.64. The van der Waals surface area contributed by atoms with Gasteiger partial charge in [-0.25, -0.2) is 0 Å². The summed E-state index contributed by atoms with van der Waals surface area (Å²) in [6.45, 7) is 8.16. The van der Waals surface area contributed by atoms with Gasteiger partial charge in [-0.05, 0) is 49.9 Å². The normalized spacial score (nSPS) is 12.3. The molecule has 0 radical (unpaired) electrons. The van der Waals surface area contributed by atoms with Crippen LogP contribution in [0.2, 0.25) is 0 Å². The Hall–Kier alpha value is -1.22. The highest BCUT2D eigenvalue weighted by Gasteiger charge is 2.13. The van der Waals surface area contributed by atoms with Crippen molar-refractivity contribution >= 4 is 5.69 Å². The summed E-state index contributed by atoms with van der Waals surface area (Å²) in [6, 6.07) is 4.28. The quantitative estimate of drug-likeness (QED) is 0.843. The number of hydrogen-bond acceptors (Lipinski definition) is 3. The van der Waals surface area contributed by atoms with E-state index in [2.05, 4.69) is 44.9 Å². The molecule has 1 atom stereocenters. The minimum absolute atomic E-state index is 0.559. The van der Waals surface area contributed by atoms with Gasteiger partial charge in [0.05, 0.1) is 12.8 Å². The van der Waals surface area contributed by atoms with Gasteiger partial charge in [-0.15, -0.1) is 0 Å². The molecule has 1 aromatic carbocycles. The zero-order valence-electron chi connectivity index (χ0n) is 12.3. The summed E-state index contributed by atoms with van der Waals surface area (Å²) >= 11 is 0. The van der Waals surface area contributed by atoms with Crippen LogP contribution in [-0.4, -0.2) is 27.2 Å². The molecule has 0 aliphatic carbocycles. The van der Waals surface area contributed by atoms with E-state index < -0.39 is 0 Å². The molecule has 2 N–H and O–H groups in total. The zero-order valence-corrected chi connectivity index (χ0v) is 12.3. The molecule has 0 spiro atoms. The first-order chi connectivity index (χ1) is 8.49. The predicted octanol–water partition coefficient (Wildman–Crippen LogP) is 2.73. The first-order valence-corrected chi connectivity index (χ1v) is 6.56. The molecule has 0 saturated carbocycles. The third-order valence-corrected chi connectivity index (χ3v) is 3.37. The van der Waals surface area contributed by atoms with Crippen molar-refractivity contribution in [3.63, 3.8) is 0 Å². The molecule has 0 bridgehead atoms. The molecule has 0 saturated heterocycles. The van der Waals surface area contributed by atoms with Crippen LogP contribution in [0, 0.1) is 19.8 Å². The predicted molar refractivity (Wildman–Crippen MR) is 78.6 cm³/mol. The van der Waals surface area contributed by atoms with Gasteiger partial charge in [0.1, 0.15) is 5.75 Å². The standard InChI is InChI=1S/C15H26N2O/c1-11(10-16)6-7-17(4)15-13(3)8-12(2)9-14(15)18-5/h8-9,11H,6-7,10,16H2,1-5H3. The van der Waals surface area contributed by atoms with Crippen LogP contribution < -0.4 is 15.4 Å². The van der Waals surface area contributed by atoms with E-state index in [4.69, 9.17) is 10.5 Å². The van der Waals surface area contributed by atoms with Gasteiger partial charge in [0.25, 0.3) is 0 Å². The summed E-state index contributed by atoms with van der Waals surface area (Å²) in [5.41, 5.74) is 9.34. The van der Waals surface area contributed by atoms with Crippen LogP contribution in [0.1, 0.15) is 24.5 Å². The molecule has 0 aliphatic rings. The smallest absolute Gasteiger partial charge is 0.142 e. The van der Waals surface area contributed by atoms with E-state index in [0.717, 1.165) is 25.3 Å². The van der Waals surface area contributed by atoms with E-state index in [1.54, 1.807) is 7.11 Å². The molecule has 0 aliphatic heterocycles. The van der Waals surface area contributed by atoms with Crippen LogP contribution in [0.4, 0.5) is 5.69 Å². The number of rotatable bonds is 6. The number of nitrogens with two attached hydrogens (primary N) is 1. The molecule has 0 fully saturated rings. The van der Waals surface area contributed by atoms with Gasteiger partial charge in [0, 0.05) is 13.6 Å². The highest BCUT2D eigenvalue weighted by atomic mass is 16.5. The molecule has 102 valence electrons. The van der Waals surface area contributed by atoms with Gasteiger partial charge in [0.15, 0.2) is 0 Å². The van der Waals surface area contributed by atoms with E-state index in [-0.39, 0.29) is 0 Å². The Morgan fingerprint density at radius 1 is 1.33 bits per heavy atom. The summed E-state index contributed by atoms with van der Waals surface area (Å²) in [5.74, 6) is 1.51. The number of benzene rings is 1. The minimum Gasteiger partial charge on any atom is -0.495 e. The van der Waals surface area contributed by atoms with Gasteiger partial charge >= 0.3 is 0 Å². The minimum atomic E-state index is 0.559. The Morgan fingerprint density at radius 2 is 2.00 bits per heavy atom. The van der Waals surface area contributed by atoms with Crippen molar-refractivity contribution in [3.8, 4) is 5.75 Å². The number of methoxy groups -OCH3 is 1. The van der Waals surface area contributed by atoms with Crippen LogP contribution in [0.25, 0.3) is 0 Å². The third-order valence-electron chi connectivity index (χ3n) is 3.37. The lowest BCUT2D eigenvalue weighted by atomic mass is 10.1. The Balaban J connectivity index is 2.87. The van der Waals surface area contributed by atoms with Crippen molar-refractivity contribution in [2.24, 2.45) is 11.7 Å². The fourth-order valence-corrected chi connectivity index (χ4v) is 2.21. The molecule has 1 rings (SSSR count). The van der Waals surface area contributed by atoms with Crippen LogP contribution in [0.3, 0.4) is 0 Å². The van der Waals surface area contributed by atoms with Gasteiger partial charge in [0.2, 0.25) is 0 Å². The molecule has 3 heteroatoms. The summed E-state index contributed by atoms with van der Waals surface area (Å²) in [6.07, 6.45) is 1.10. The Morgan fingerprint density at radius 3 is 2.56 bits per heavy atom. The van der Waals surface area contributed by atoms with E-state index >= 15 is 0 Å². The van der Waals surface area contributed by atoms with Crippen LogP contribution >= 0.6 is 0 Å². The number of anilines is 1. The van der Waals surface area contributed by atoms with Crippen molar-refractivity contribution in [1.29, 1.82) is 0 Å². The van der Waals surface area contributed by atoms with Gasteiger partial charge in [-0.2, -0.15) is 0 Å². The van der Waals surface area contributed by atoms with Crippen molar-refractivity contribution in [1.82, 2.24) is 0 Å². The van der Waals surface area contributed by atoms with Gasteiger partial charge < -0.3 is 15.4 Å². The third kappa shape index (κ3) is 3.64. The molecule has 0 heterocycles. The lowest BCUT2D eigenvalue weighted by molar-refractivity contribution is 0.413. The van der Waals surface area contributed by atoms with Gasteiger partial charge in [-0.1, -0.05) is 13.0 Å². The van der Waals surface area contributed by atoms with Crippen molar-refractivity contribution < 1.29 is 4.74 Å². The summed E-state index contributed by atoms with van der Waals surface area (Å²) in [7, 11) is 3.84. The summed E-state index contributed by atoms with van der Waals surface area (Å²) in [4.78, 5) is 2.26. The van der Waals surface area contributed by atoms with Crippen molar-refractivity contribution in [2.45, 2.75) is 27.2 Å². The van der Waals surface area contributed by atoms with Crippen molar-refractivity contribution in [3.05, 3.63) is 23.3 Å². The number of hydrogen-bond donors (Lipinski definition) is 1. The second-order valence-electron chi connectivity index (χ2n) is 5.18. The molecule has 3 nitrogen and oxygen atoms in total. The monoisotopic (exact) mass is 250 g/mol. The largest absolute Gasteiger partial charge is 0.495 e. The molecular formula is C15H26N2O. The molecular weight excluding hydrogens is 224 g/mol. The zero-order chi connectivity index (χ0) is 13.7. The number of ether oxygens (including phenoxy) is 1. The molecule has 1 unspecified atom stereocenters. The summed E-state index contributed by atoms with van der Waals surface area (Å²) < 4.78 is 5.49. The maximum atomic E-state index is 5.66. The maximum Gasteiger partial charge on any atom is 0.142 e. The lowest BCUT2D eigenvalue weighted by Crippen LogP contribution is -2.24. The molecule has 0 aromatic heterocycles. The second kappa shape index (κ2) is 6.64. The molecule has 1 aromatic rings. The van der Waals surface area contributed by atoms with Crippen LogP contribution in [0.15, 0.2) is 12.1 Å². The Labute approximate surface area is 111 Å². The first kappa shape index (κ1) is 14.8. The fraction of sp³-hybridized carbons (Fsp3) is 0.600. The Bertz CT molecular complexity index is 390. The average Bonchev–Trinajstić information content (AvgIpc) is 2.34. The van der Waals surface area contributed by atoms with E-state index in [9.17, 15) is 0 Å². The van der Waals surface area contributed by atoms with E-state index in [0.29, 0.717) is 5.92 Å². The lowest BCUT2D eigenvalue weighted by Gasteiger charge is -2.25. The average molecular weight is 250 g/mol. The SMILES string of the molecule is COc1cc(C)cc(C)c1N(C)CCC(C)CN. The number of nitrogens with zero attached hydrogens (tertiary/aromatic N) is 1.